The van der Waals surface area contributed by atoms with Crippen LogP contribution in [0.3, 0.4) is 0 Å². The molecule has 0 unspecified atom stereocenters. The lowest BCUT2D eigenvalue weighted by Gasteiger charge is -2.03. The quantitative estimate of drug-likeness (QED) is 0.829. The molecule has 0 aliphatic carbocycles. The Hall–Kier alpha value is -2.16. The maximum Gasteiger partial charge on any atom is 0.250 e. The topological polar surface area (TPSA) is 56.0 Å². The molecule has 0 saturated carbocycles. The lowest BCUT2D eigenvalue weighted by atomic mass is 10.0. The van der Waals surface area contributed by atoms with Crippen molar-refractivity contribution in [1.29, 1.82) is 0 Å². The summed E-state index contributed by atoms with van der Waals surface area (Å²) >= 11 is 0. The van der Waals surface area contributed by atoms with Crippen LogP contribution in [0.15, 0.2) is 42.7 Å². The van der Waals surface area contributed by atoms with Crippen molar-refractivity contribution in [3.63, 3.8) is 0 Å². The molecule has 0 aliphatic rings. The number of nitrogens with zero attached hydrogens (tertiary/aromatic N) is 1. The van der Waals surface area contributed by atoms with Gasteiger partial charge in [0.2, 0.25) is 5.91 Å². The zero-order valence-corrected chi connectivity index (χ0v) is 8.97. The van der Waals surface area contributed by atoms with E-state index in [9.17, 15) is 4.79 Å². The summed E-state index contributed by atoms with van der Waals surface area (Å²) in [5, 5.41) is 0. The average molecular weight is 212 g/mol. The maximum absolute atomic E-state index is 11.0. The number of primary amides is 1. The fraction of sp³-hybridized carbons (Fsp3) is 0.0769. The first-order chi connectivity index (χ1) is 7.66. The van der Waals surface area contributed by atoms with Crippen molar-refractivity contribution in [2.45, 2.75) is 6.92 Å². The Labute approximate surface area is 93.9 Å². The minimum Gasteiger partial charge on any atom is -0.366 e. The van der Waals surface area contributed by atoms with Crippen molar-refractivity contribution in [1.82, 2.24) is 4.98 Å². The van der Waals surface area contributed by atoms with Gasteiger partial charge in [-0.25, -0.2) is 0 Å². The molecule has 2 rings (SSSR count). The van der Waals surface area contributed by atoms with E-state index >= 15 is 0 Å². The second-order valence-corrected chi connectivity index (χ2v) is 3.70. The van der Waals surface area contributed by atoms with Gasteiger partial charge in [0, 0.05) is 18.0 Å². The number of amides is 1. The predicted molar refractivity (Wildman–Crippen MR) is 62.9 cm³/mol. The van der Waals surface area contributed by atoms with Crippen molar-refractivity contribution >= 4 is 5.91 Å². The fourth-order valence-electron chi connectivity index (χ4n) is 1.56. The third kappa shape index (κ3) is 2.08. The smallest absolute Gasteiger partial charge is 0.250 e. The zero-order valence-electron chi connectivity index (χ0n) is 8.97. The van der Waals surface area contributed by atoms with Gasteiger partial charge in [0.1, 0.15) is 0 Å². The van der Waals surface area contributed by atoms with Gasteiger partial charge in [-0.1, -0.05) is 29.8 Å². The number of hydrogen-bond acceptors (Lipinski definition) is 2. The van der Waals surface area contributed by atoms with Gasteiger partial charge < -0.3 is 5.73 Å². The highest BCUT2D eigenvalue weighted by Gasteiger charge is 2.03. The monoisotopic (exact) mass is 212 g/mol. The number of rotatable bonds is 2. The molecule has 0 radical (unpaired) electrons. The average Bonchev–Trinajstić information content (AvgIpc) is 2.29. The molecule has 2 N–H and O–H groups in total. The van der Waals surface area contributed by atoms with Crippen molar-refractivity contribution < 1.29 is 4.79 Å². The number of carbonyl (C=O) groups excluding carboxylic acids is 1. The number of aryl methyl sites for hydroxylation is 1. The lowest BCUT2D eigenvalue weighted by molar-refractivity contribution is 0.1000. The second-order valence-electron chi connectivity index (χ2n) is 3.70. The number of hydrogen-bond donors (Lipinski definition) is 1. The van der Waals surface area contributed by atoms with Crippen LogP contribution < -0.4 is 5.73 Å². The Morgan fingerprint density at radius 1 is 1.19 bits per heavy atom. The van der Waals surface area contributed by atoms with Crippen molar-refractivity contribution in [2.75, 3.05) is 0 Å². The Bertz CT molecular complexity index is 535. The first kappa shape index (κ1) is 10.4. The van der Waals surface area contributed by atoms with E-state index in [0.29, 0.717) is 5.56 Å². The van der Waals surface area contributed by atoms with Crippen molar-refractivity contribution in [2.24, 2.45) is 5.73 Å². The van der Waals surface area contributed by atoms with Crippen LogP contribution in [0.25, 0.3) is 11.1 Å². The number of carbonyl (C=O) groups is 1. The van der Waals surface area contributed by atoms with E-state index in [1.807, 2.05) is 31.2 Å². The van der Waals surface area contributed by atoms with E-state index in [1.165, 1.54) is 11.8 Å². The summed E-state index contributed by atoms with van der Waals surface area (Å²) in [5.74, 6) is -0.456. The van der Waals surface area contributed by atoms with Crippen LogP contribution in [-0.4, -0.2) is 10.9 Å². The van der Waals surface area contributed by atoms with E-state index in [1.54, 1.807) is 12.3 Å². The van der Waals surface area contributed by atoms with E-state index in [0.717, 1.165) is 11.1 Å². The first-order valence-corrected chi connectivity index (χ1v) is 4.99. The second kappa shape index (κ2) is 4.14. The van der Waals surface area contributed by atoms with Crippen LogP contribution in [0.1, 0.15) is 15.9 Å². The molecule has 0 fully saturated rings. The summed E-state index contributed by atoms with van der Waals surface area (Å²) in [6, 6.07) is 9.77. The Balaban J connectivity index is 2.48. The highest BCUT2D eigenvalue weighted by atomic mass is 16.1. The molecule has 0 spiro atoms. The molecule has 0 saturated heterocycles. The molecule has 2 aromatic rings. The van der Waals surface area contributed by atoms with Crippen LogP contribution in [0, 0.1) is 6.92 Å². The van der Waals surface area contributed by atoms with Gasteiger partial charge in [-0.05, 0) is 18.6 Å². The minimum atomic E-state index is -0.456. The number of nitrogens with two attached hydrogens (primary N) is 1. The molecule has 1 aromatic carbocycles. The molecule has 3 heteroatoms. The maximum atomic E-state index is 11.0. The van der Waals surface area contributed by atoms with Gasteiger partial charge in [-0.2, -0.15) is 0 Å². The highest BCUT2D eigenvalue weighted by molar-refractivity contribution is 5.93. The van der Waals surface area contributed by atoms with E-state index in [-0.39, 0.29) is 0 Å². The van der Waals surface area contributed by atoms with Crippen LogP contribution in [-0.2, 0) is 0 Å². The molecular weight excluding hydrogens is 200 g/mol. The molecule has 1 aromatic heterocycles. The van der Waals surface area contributed by atoms with Crippen LogP contribution in [0.5, 0.6) is 0 Å². The van der Waals surface area contributed by atoms with Crippen molar-refractivity contribution in [3.05, 3.63) is 53.9 Å². The predicted octanol–water partition coefficient (Wildman–Crippen LogP) is 2.16. The SMILES string of the molecule is Cc1cccc(-c2cncc(C(N)=O)c2)c1. The molecule has 1 heterocycles. The van der Waals surface area contributed by atoms with Crippen LogP contribution >= 0.6 is 0 Å². The van der Waals surface area contributed by atoms with E-state index < -0.39 is 5.91 Å². The molecule has 0 atom stereocenters. The standard InChI is InChI=1S/C13H12N2O/c1-9-3-2-4-10(5-9)11-6-12(13(14)16)8-15-7-11/h2-8H,1H3,(H2,14,16). The fourth-order valence-corrected chi connectivity index (χ4v) is 1.56. The third-order valence-electron chi connectivity index (χ3n) is 2.37. The summed E-state index contributed by atoms with van der Waals surface area (Å²) in [6.45, 7) is 2.02. The molecule has 0 bridgehead atoms. The van der Waals surface area contributed by atoms with Crippen molar-refractivity contribution in [3.8, 4) is 11.1 Å². The van der Waals surface area contributed by atoms with Crippen LogP contribution in [0.2, 0.25) is 0 Å². The van der Waals surface area contributed by atoms with E-state index in [4.69, 9.17) is 5.73 Å². The van der Waals surface area contributed by atoms with Gasteiger partial charge in [0.05, 0.1) is 5.56 Å². The summed E-state index contributed by atoms with van der Waals surface area (Å²) in [6.07, 6.45) is 3.20. The largest absolute Gasteiger partial charge is 0.366 e. The van der Waals surface area contributed by atoms with E-state index in [2.05, 4.69) is 4.98 Å². The first-order valence-electron chi connectivity index (χ1n) is 4.99. The minimum absolute atomic E-state index is 0.430. The summed E-state index contributed by atoms with van der Waals surface area (Å²) in [5.41, 5.74) is 8.75. The highest BCUT2D eigenvalue weighted by Crippen LogP contribution is 2.20. The molecule has 16 heavy (non-hydrogen) atoms. The van der Waals surface area contributed by atoms with Gasteiger partial charge in [0.25, 0.3) is 0 Å². The van der Waals surface area contributed by atoms with Crippen LogP contribution in [0.4, 0.5) is 0 Å². The Morgan fingerprint density at radius 2 is 2.00 bits per heavy atom. The molecular formula is C13H12N2O. The number of pyridine rings is 1. The Kier molecular flexibility index (Phi) is 2.68. The zero-order chi connectivity index (χ0) is 11.5. The lowest BCUT2D eigenvalue weighted by Crippen LogP contribution is -2.11. The summed E-state index contributed by atoms with van der Waals surface area (Å²) in [7, 11) is 0. The van der Waals surface area contributed by atoms with Gasteiger partial charge in [-0.3, -0.25) is 9.78 Å². The molecule has 0 aliphatic heterocycles. The summed E-state index contributed by atoms with van der Waals surface area (Å²) in [4.78, 5) is 15.0. The normalized spacial score (nSPS) is 10.1. The number of benzene rings is 1. The van der Waals surface area contributed by atoms with Gasteiger partial charge >= 0.3 is 0 Å². The molecule has 80 valence electrons. The molecule has 1 amide bonds. The Morgan fingerprint density at radius 3 is 2.69 bits per heavy atom. The third-order valence-corrected chi connectivity index (χ3v) is 2.37. The van der Waals surface area contributed by atoms with Gasteiger partial charge in [0.15, 0.2) is 0 Å². The molecule has 3 nitrogen and oxygen atoms in total. The number of aromatic nitrogens is 1. The summed E-state index contributed by atoms with van der Waals surface area (Å²) < 4.78 is 0. The van der Waals surface area contributed by atoms with Gasteiger partial charge in [-0.15, -0.1) is 0 Å².